The van der Waals surface area contributed by atoms with Crippen LogP contribution in [-0.2, 0) is 4.79 Å². The van der Waals surface area contributed by atoms with Gasteiger partial charge < -0.3 is 9.84 Å². The van der Waals surface area contributed by atoms with Gasteiger partial charge in [0.15, 0.2) is 22.5 Å². The van der Waals surface area contributed by atoms with E-state index in [1.54, 1.807) is 31.5 Å². The van der Waals surface area contributed by atoms with E-state index in [4.69, 9.17) is 4.74 Å². The maximum Gasteiger partial charge on any atom is 0.250 e. The maximum atomic E-state index is 12.5. The number of benzene rings is 2. The summed E-state index contributed by atoms with van der Waals surface area (Å²) in [6.07, 6.45) is 3.39. The summed E-state index contributed by atoms with van der Waals surface area (Å²) in [4.78, 5) is 16.6. The largest absolute Gasteiger partial charge is 0.504 e. The average molecular weight is 553 g/mol. The molecule has 0 aliphatic heterocycles. The number of pyridine rings is 1. The Kier molecular flexibility index (Phi) is 7.78. The second-order valence-corrected chi connectivity index (χ2v) is 9.12. The van der Waals surface area contributed by atoms with Gasteiger partial charge in [-0.05, 0) is 61.5 Å². The van der Waals surface area contributed by atoms with Gasteiger partial charge in [0.1, 0.15) is 0 Å². The lowest BCUT2D eigenvalue weighted by molar-refractivity contribution is -0.118. The van der Waals surface area contributed by atoms with Crippen LogP contribution < -0.4 is 10.2 Å². The number of ether oxygens (including phenoxy) is 1. The van der Waals surface area contributed by atoms with Crippen molar-refractivity contribution in [2.45, 2.75) is 12.1 Å². The first kappa shape index (κ1) is 24.4. The summed E-state index contributed by atoms with van der Waals surface area (Å²) >= 11 is 4.71. The molecule has 178 valence electrons. The number of carbonyl (C=O) groups is 1. The molecule has 0 spiro atoms. The molecule has 0 aliphatic carbocycles. The van der Waals surface area contributed by atoms with E-state index in [2.05, 4.69) is 41.6 Å². The Balaban J connectivity index is 1.50. The number of aromatic nitrogens is 4. The fourth-order valence-corrected chi connectivity index (χ4v) is 4.16. The topological polar surface area (TPSA) is 115 Å². The van der Waals surface area contributed by atoms with Gasteiger partial charge in [0.2, 0.25) is 0 Å². The zero-order chi connectivity index (χ0) is 24.8. The number of thioether (sulfide) groups is 1. The summed E-state index contributed by atoms with van der Waals surface area (Å²) in [5, 5.41) is 23.2. The van der Waals surface area contributed by atoms with E-state index in [9.17, 15) is 9.90 Å². The Hall–Kier alpha value is -3.70. The summed E-state index contributed by atoms with van der Waals surface area (Å²) in [5.41, 5.74) is 5.56. The molecule has 2 aromatic heterocycles. The molecule has 0 radical (unpaired) electrons. The Morgan fingerprint density at radius 2 is 1.89 bits per heavy atom. The van der Waals surface area contributed by atoms with E-state index >= 15 is 0 Å². The van der Waals surface area contributed by atoms with Gasteiger partial charge in [0.05, 0.1) is 18.6 Å². The van der Waals surface area contributed by atoms with Gasteiger partial charge in [-0.3, -0.25) is 14.3 Å². The third kappa shape index (κ3) is 5.87. The van der Waals surface area contributed by atoms with Gasteiger partial charge in [0.25, 0.3) is 5.91 Å². The number of amides is 1. The van der Waals surface area contributed by atoms with Crippen LogP contribution in [0.4, 0.5) is 0 Å². The molecular weight excluding hydrogens is 532 g/mol. The molecule has 0 atom stereocenters. The molecule has 4 rings (SSSR count). The molecule has 2 aromatic carbocycles. The molecule has 0 unspecified atom stereocenters. The first-order valence-electron chi connectivity index (χ1n) is 10.4. The van der Waals surface area contributed by atoms with Crippen LogP contribution in [0.1, 0.15) is 12.5 Å². The Morgan fingerprint density at radius 3 is 2.60 bits per heavy atom. The minimum Gasteiger partial charge on any atom is -0.504 e. The quantitative estimate of drug-likeness (QED) is 0.188. The van der Waals surface area contributed by atoms with Crippen molar-refractivity contribution in [2.75, 3.05) is 12.9 Å². The van der Waals surface area contributed by atoms with Gasteiger partial charge >= 0.3 is 0 Å². The van der Waals surface area contributed by atoms with Gasteiger partial charge in [-0.15, -0.1) is 10.2 Å². The highest BCUT2D eigenvalue weighted by Gasteiger charge is 2.17. The van der Waals surface area contributed by atoms with Crippen LogP contribution in [0, 0.1) is 0 Å². The number of hydrogen-bond donors (Lipinski definition) is 2. The molecular formula is C24H21BrN6O3S. The Bertz CT molecular complexity index is 1360. The lowest BCUT2D eigenvalue weighted by atomic mass is 10.1. The second-order valence-electron chi connectivity index (χ2n) is 7.26. The fourth-order valence-electron chi connectivity index (χ4n) is 3.15. The molecule has 0 aliphatic rings. The Labute approximate surface area is 214 Å². The van der Waals surface area contributed by atoms with E-state index in [-0.39, 0.29) is 17.4 Å². The van der Waals surface area contributed by atoms with E-state index in [0.717, 1.165) is 15.7 Å². The van der Waals surface area contributed by atoms with E-state index < -0.39 is 0 Å². The van der Waals surface area contributed by atoms with Crippen LogP contribution >= 0.6 is 27.7 Å². The second kappa shape index (κ2) is 11.2. The molecule has 0 saturated heterocycles. The lowest BCUT2D eigenvalue weighted by Crippen LogP contribution is -2.21. The van der Waals surface area contributed by atoms with Crippen LogP contribution in [0.15, 0.2) is 81.7 Å². The summed E-state index contributed by atoms with van der Waals surface area (Å²) in [6.45, 7) is 1.75. The van der Waals surface area contributed by atoms with Crippen LogP contribution in [0.3, 0.4) is 0 Å². The van der Waals surface area contributed by atoms with Crippen LogP contribution in [0.25, 0.3) is 17.1 Å². The van der Waals surface area contributed by atoms with Crippen molar-refractivity contribution in [1.29, 1.82) is 0 Å². The van der Waals surface area contributed by atoms with Crippen molar-refractivity contribution < 1.29 is 14.6 Å². The number of halogens is 1. The number of methoxy groups -OCH3 is 1. The zero-order valence-electron chi connectivity index (χ0n) is 18.8. The van der Waals surface area contributed by atoms with Gasteiger partial charge in [-0.2, -0.15) is 5.10 Å². The third-order valence-electron chi connectivity index (χ3n) is 4.93. The molecule has 4 aromatic rings. The number of aromatic hydroxyl groups is 1. The van der Waals surface area contributed by atoms with Crippen molar-refractivity contribution in [3.05, 3.63) is 77.0 Å². The molecule has 2 N–H and O–H groups in total. The molecule has 11 heteroatoms. The van der Waals surface area contributed by atoms with Crippen molar-refractivity contribution >= 4 is 39.3 Å². The standard InChI is InChI=1S/C24H21BrN6O3S/c1-15(17-3-8-20(32)21(13-17)34-2)27-28-22(33)14-35-24-30-29-23(16-9-11-26-12-10-16)31(24)19-6-4-18(25)5-7-19/h3-13,32H,14H2,1-2H3,(H,28,33)/b27-15+. The minimum absolute atomic E-state index is 0.0329. The predicted octanol–water partition coefficient (Wildman–Crippen LogP) is 4.44. The number of hydrogen-bond acceptors (Lipinski definition) is 8. The smallest absolute Gasteiger partial charge is 0.250 e. The minimum atomic E-state index is -0.295. The van der Waals surface area contributed by atoms with Crippen molar-refractivity contribution in [3.63, 3.8) is 0 Å². The number of phenolic OH excluding ortho intramolecular Hbond substituents is 1. The van der Waals surface area contributed by atoms with Crippen LogP contribution in [0.2, 0.25) is 0 Å². The average Bonchev–Trinajstić information content (AvgIpc) is 3.31. The van der Waals surface area contributed by atoms with Crippen molar-refractivity contribution in [3.8, 4) is 28.6 Å². The summed E-state index contributed by atoms with van der Waals surface area (Å²) in [6, 6.07) is 16.3. The number of phenols is 1. The molecule has 1 amide bonds. The first-order chi connectivity index (χ1) is 17.0. The predicted molar refractivity (Wildman–Crippen MR) is 138 cm³/mol. The van der Waals surface area contributed by atoms with Crippen molar-refractivity contribution in [2.24, 2.45) is 5.10 Å². The highest BCUT2D eigenvalue weighted by molar-refractivity contribution is 9.10. The van der Waals surface area contributed by atoms with Crippen LogP contribution in [-0.4, -0.2) is 49.3 Å². The van der Waals surface area contributed by atoms with Gasteiger partial charge in [0, 0.05) is 33.7 Å². The van der Waals surface area contributed by atoms with E-state index in [1.165, 1.54) is 24.9 Å². The first-order valence-corrected chi connectivity index (χ1v) is 12.2. The SMILES string of the molecule is COc1cc(/C(C)=N/NC(=O)CSc2nnc(-c3ccncc3)n2-c2ccc(Br)cc2)ccc1O. The molecule has 0 fully saturated rings. The summed E-state index contributed by atoms with van der Waals surface area (Å²) in [5.74, 6) is 0.797. The van der Waals surface area contributed by atoms with Gasteiger partial charge in [-0.25, -0.2) is 5.43 Å². The van der Waals surface area contributed by atoms with Crippen molar-refractivity contribution in [1.82, 2.24) is 25.2 Å². The number of nitrogens with zero attached hydrogens (tertiary/aromatic N) is 5. The number of hydrazone groups is 1. The third-order valence-corrected chi connectivity index (χ3v) is 6.39. The number of nitrogens with one attached hydrogen (secondary N) is 1. The summed E-state index contributed by atoms with van der Waals surface area (Å²) in [7, 11) is 1.47. The Morgan fingerprint density at radius 1 is 1.14 bits per heavy atom. The zero-order valence-corrected chi connectivity index (χ0v) is 21.2. The normalized spacial score (nSPS) is 11.3. The number of rotatable bonds is 8. The lowest BCUT2D eigenvalue weighted by Gasteiger charge is -2.10. The number of carbonyl (C=O) groups excluding carboxylic acids is 1. The van der Waals surface area contributed by atoms with E-state index in [0.29, 0.717) is 28.0 Å². The molecule has 2 heterocycles. The van der Waals surface area contributed by atoms with Crippen LogP contribution in [0.5, 0.6) is 11.5 Å². The summed E-state index contributed by atoms with van der Waals surface area (Å²) < 4.78 is 7.97. The highest BCUT2D eigenvalue weighted by Crippen LogP contribution is 2.29. The molecule has 35 heavy (non-hydrogen) atoms. The van der Waals surface area contributed by atoms with Gasteiger partial charge in [-0.1, -0.05) is 27.7 Å². The maximum absolute atomic E-state index is 12.5. The van der Waals surface area contributed by atoms with E-state index in [1.807, 2.05) is 41.0 Å². The molecule has 0 saturated carbocycles. The molecule has 0 bridgehead atoms. The molecule has 9 nitrogen and oxygen atoms in total. The fraction of sp³-hybridized carbons (Fsp3) is 0.125. The highest BCUT2D eigenvalue weighted by atomic mass is 79.9. The monoisotopic (exact) mass is 552 g/mol.